The lowest BCUT2D eigenvalue weighted by Crippen LogP contribution is -2.36. The molecule has 1 aromatic carbocycles. The molecule has 1 N–H and O–H groups in total. The van der Waals surface area contributed by atoms with E-state index in [2.05, 4.69) is 20.4 Å². The van der Waals surface area contributed by atoms with Crippen LogP contribution in [0.1, 0.15) is 18.3 Å². The van der Waals surface area contributed by atoms with Crippen molar-refractivity contribution >= 4 is 35.0 Å². The first-order valence-electron chi connectivity index (χ1n) is 9.29. The lowest BCUT2D eigenvalue weighted by molar-refractivity contribution is -0.137. The highest BCUT2D eigenvalue weighted by Gasteiger charge is 2.31. The molecule has 3 rings (SSSR count). The van der Waals surface area contributed by atoms with Gasteiger partial charge in [0.15, 0.2) is 5.16 Å². The molecule has 1 amide bonds. The SMILES string of the molecule is CCn1c(CN2CCOCC2)nnc1SCC(=O)Nc1cc(C(F)(F)F)ccc1Cl. The molecule has 12 heteroatoms. The number of benzene rings is 1. The number of hydrogen-bond donors (Lipinski definition) is 1. The van der Waals surface area contributed by atoms with Gasteiger partial charge in [-0.2, -0.15) is 13.2 Å². The zero-order valence-corrected chi connectivity index (χ0v) is 17.8. The number of carbonyl (C=O) groups is 1. The van der Waals surface area contributed by atoms with Crippen LogP contribution in [0.5, 0.6) is 0 Å². The number of anilines is 1. The third-order valence-electron chi connectivity index (χ3n) is 4.48. The smallest absolute Gasteiger partial charge is 0.379 e. The fourth-order valence-corrected chi connectivity index (χ4v) is 3.92. The van der Waals surface area contributed by atoms with Crippen molar-refractivity contribution in [1.29, 1.82) is 0 Å². The number of aromatic nitrogens is 3. The number of rotatable bonds is 7. The number of halogens is 4. The van der Waals surface area contributed by atoms with E-state index in [9.17, 15) is 18.0 Å². The summed E-state index contributed by atoms with van der Waals surface area (Å²) in [5.74, 6) is 0.271. The van der Waals surface area contributed by atoms with Gasteiger partial charge in [0.2, 0.25) is 5.91 Å². The van der Waals surface area contributed by atoms with Gasteiger partial charge in [0.1, 0.15) is 5.82 Å². The van der Waals surface area contributed by atoms with E-state index >= 15 is 0 Å². The molecule has 1 saturated heterocycles. The fraction of sp³-hybridized carbons (Fsp3) is 0.500. The molecule has 0 atom stereocenters. The molecule has 7 nitrogen and oxygen atoms in total. The number of carbonyl (C=O) groups excluding carboxylic acids is 1. The molecular formula is C18H21ClF3N5O2S. The summed E-state index contributed by atoms with van der Waals surface area (Å²) < 4.78 is 45.9. The highest BCUT2D eigenvalue weighted by atomic mass is 35.5. The first-order chi connectivity index (χ1) is 14.3. The van der Waals surface area contributed by atoms with Gasteiger partial charge in [0.25, 0.3) is 0 Å². The van der Waals surface area contributed by atoms with E-state index in [1.54, 1.807) is 0 Å². The number of thioether (sulfide) groups is 1. The van der Waals surface area contributed by atoms with Gasteiger partial charge in [-0.05, 0) is 25.1 Å². The van der Waals surface area contributed by atoms with Crippen molar-refractivity contribution in [2.45, 2.75) is 31.3 Å². The Bertz CT molecular complexity index is 887. The Kier molecular flexibility index (Phi) is 7.61. The number of hydrogen-bond acceptors (Lipinski definition) is 6. The standard InChI is InChI=1S/C18H21ClF3N5O2S/c1-2-27-15(10-26-5-7-29-8-6-26)24-25-17(27)30-11-16(28)23-14-9-12(18(20,21)22)3-4-13(14)19/h3-4,9H,2,5-8,10-11H2,1H3,(H,23,28). The Morgan fingerprint density at radius 3 is 2.70 bits per heavy atom. The monoisotopic (exact) mass is 463 g/mol. The van der Waals surface area contributed by atoms with E-state index in [-0.39, 0.29) is 16.5 Å². The van der Waals surface area contributed by atoms with E-state index in [4.69, 9.17) is 16.3 Å². The van der Waals surface area contributed by atoms with Gasteiger partial charge in [-0.1, -0.05) is 23.4 Å². The average molecular weight is 464 g/mol. The molecule has 1 aliphatic rings. The van der Waals surface area contributed by atoms with Gasteiger partial charge < -0.3 is 14.6 Å². The summed E-state index contributed by atoms with van der Waals surface area (Å²) in [7, 11) is 0. The second kappa shape index (κ2) is 9.99. The summed E-state index contributed by atoms with van der Waals surface area (Å²) in [6.45, 7) is 6.23. The van der Waals surface area contributed by atoms with E-state index in [0.717, 1.165) is 37.1 Å². The largest absolute Gasteiger partial charge is 0.416 e. The Morgan fingerprint density at radius 2 is 2.03 bits per heavy atom. The second-order valence-corrected chi connectivity index (χ2v) is 7.91. The third-order valence-corrected chi connectivity index (χ3v) is 5.77. The molecular weight excluding hydrogens is 443 g/mol. The predicted molar refractivity (Wildman–Crippen MR) is 108 cm³/mol. The van der Waals surface area contributed by atoms with Crippen molar-refractivity contribution in [3.8, 4) is 0 Å². The summed E-state index contributed by atoms with van der Waals surface area (Å²) in [5, 5.41) is 11.4. The maximum Gasteiger partial charge on any atom is 0.416 e. The topological polar surface area (TPSA) is 72.3 Å². The summed E-state index contributed by atoms with van der Waals surface area (Å²) in [5.41, 5.74) is -0.963. The van der Waals surface area contributed by atoms with Gasteiger partial charge in [-0.15, -0.1) is 10.2 Å². The van der Waals surface area contributed by atoms with Crippen LogP contribution in [0.3, 0.4) is 0 Å². The fourth-order valence-electron chi connectivity index (χ4n) is 2.93. The molecule has 1 aliphatic heterocycles. The Labute approximate surface area is 180 Å². The molecule has 2 heterocycles. The maximum atomic E-state index is 12.9. The quantitative estimate of drug-likeness (QED) is 0.633. The maximum absolute atomic E-state index is 12.9. The van der Waals surface area contributed by atoms with E-state index in [0.29, 0.717) is 31.5 Å². The minimum atomic E-state index is -4.52. The predicted octanol–water partition coefficient (Wildman–Crippen LogP) is 3.53. The number of amides is 1. The highest BCUT2D eigenvalue weighted by molar-refractivity contribution is 7.99. The van der Waals surface area contributed by atoms with Crippen LogP contribution in [0.2, 0.25) is 5.02 Å². The third kappa shape index (κ3) is 5.87. The van der Waals surface area contributed by atoms with Crippen LogP contribution >= 0.6 is 23.4 Å². The van der Waals surface area contributed by atoms with Crippen molar-refractivity contribution in [1.82, 2.24) is 19.7 Å². The Hall–Kier alpha value is -1.82. The summed E-state index contributed by atoms with van der Waals surface area (Å²) in [6, 6.07) is 2.80. The van der Waals surface area contributed by atoms with Crippen molar-refractivity contribution in [3.05, 3.63) is 34.6 Å². The number of nitrogens with one attached hydrogen (secondary N) is 1. The van der Waals surface area contributed by atoms with Crippen molar-refractivity contribution in [2.24, 2.45) is 0 Å². The number of ether oxygens (including phenoxy) is 1. The summed E-state index contributed by atoms with van der Waals surface area (Å²) in [4.78, 5) is 14.5. The molecule has 0 unspecified atom stereocenters. The van der Waals surface area contributed by atoms with E-state index in [1.165, 1.54) is 11.8 Å². The summed E-state index contributed by atoms with van der Waals surface area (Å²) in [6.07, 6.45) is -4.52. The minimum absolute atomic E-state index is 0.0332. The van der Waals surface area contributed by atoms with Crippen molar-refractivity contribution in [3.63, 3.8) is 0 Å². The van der Waals surface area contributed by atoms with Crippen LogP contribution in [0.15, 0.2) is 23.4 Å². The van der Waals surface area contributed by atoms with Crippen LogP contribution in [-0.4, -0.2) is 57.6 Å². The van der Waals surface area contributed by atoms with Crippen LogP contribution in [0.4, 0.5) is 18.9 Å². The minimum Gasteiger partial charge on any atom is -0.379 e. The van der Waals surface area contributed by atoms with Crippen molar-refractivity contribution in [2.75, 3.05) is 37.4 Å². The van der Waals surface area contributed by atoms with Crippen LogP contribution in [-0.2, 0) is 28.8 Å². The van der Waals surface area contributed by atoms with E-state index < -0.39 is 17.6 Å². The van der Waals surface area contributed by atoms with Gasteiger partial charge in [0.05, 0.1) is 41.8 Å². The van der Waals surface area contributed by atoms with Crippen molar-refractivity contribution < 1.29 is 22.7 Å². The second-order valence-electron chi connectivity index (χ2n) is 6.56. The zero-order valence-electron chi connectivity index (χ0n) is 16.2. The molecule has 0 saturated carbocycles. The molecule has 30 heavy (non-hydrogen) atoms. The molecule has 1 aromatic heterocycles. The highest BCUT2D eigenvalue weighted by Crippen LogP contribution is 2.34. The number of alkyl halides is 3. The molecule has 2 aromatic rings. The normalized spacial score (nSPS) is 15.4. The molecule has 164 valence electrons. The lowest BCUT2D eigenvalue weighted by atomic mass is 10.2. The molecule has 0 spiro atoms. The average Bonchev–Trinajstić information content (AvgIpc) is 3.09. The zero-order chi connectivity index (χ0) is 21.7. The number of nitrogens with zero attached hydrogens (tertiary/aromatic N) is 4. The Morgan fingerprint density at radius 1 is 1.30 bits per heavy atom. The van der Waals surface area contributed by atoms with Gasteiger partial charge in [0, 0.05) is 19.6 Å². The molecule has 0 aliphatic carbocycles. The van der Waals surface area contributed by atoms with Crippen LogP contribution < -0.4 is 5.32 Å². The molecule has 0 radical (unpaired) electrons. The van der Waals surface area contributed by atoms with Crippen LogP contribution in [0, 0.1) is 0 Å². The van der Waals surface area contributed by atoms with Gasteiger partial charge in [-0.3, -0.25) is 9.69 Å². The lowest BCUT2D eigenvalue weighted by Gasteiger charge is -2.26. The van der Waals surface area contributed by atoms with E-state index in [1.807, 2.05) is 11.5 Å². The molecule has 1 fully saturated rings. The van der Waals surface area contributed by atoms with Crippen LogP contribution in [0.25, 0.3) is 0 Å². The molecule has 0 bridgehead atoms. The number of morpholine rings is 1. The Balaban J connectivity index is 1.61. The first-order valence-corrected chi connectivity index (χ1v) is 10.7. The van der Waals surface area contributed by atoms with Gasteiger partial charge >= 0.3 is 6.18 Å². The van der Waals surface area contributed by atoms with Gasteiger partial charge in [-0.25, -0.2) is 0 Å². The first kappa shape index (κ1) is 22.9. The summed E-state index contributed by atoms with van der Waals surface area (Å²) >= 11 is 7.09.